The minimum Gasteiger partial charge on any atom is -0.303 e. The van der Waals surface area contributed by atoms with E-state index in [0.717, 1.165) is 24.0 Å². The summed E-state index contributed by atoms with van der Waals surface area (Å²) in [5.74, 6) is 4.77. The predicted molar refractivity (Wildman–Crippen MR) is 134 cm³/mol. The van der Waals surface area contributed by atoms with E-state index in [9.17, 15) is 14.3 Å². The molecule has 1 fully saturated rings. The lowest BCUT2D eigenvalue weighted by Gasteiger charge is -2.25. The SMILES string of the molecule is C=S(=O)(CCCCC1CC(=O)CC1(C)C)O/N=C1\SC=C\C1=C(/C#N)c1ccccc1C. The van der Waals surface area contributed by atoms with Crippen molar-refractivity contribution in [2.24, 2.45) is 16.5 Å². The number of carbonyl (C=O) groups excluding carboxylic acids is 1. The summed E-state index contributed by atoms with van der Waals surface area (Å²) in [6.07, 6.45) is 5.65. The van der Waals surface area contributed by atoms with Gasteiger partial charge in [-0.3, -0.25) is 4.79 Å². The average molecular weight is 471 g/mol. The van der Waals surface area contributed by atoms with Crippen LogP contribution in [0, 0.1) is 29.6 Å². The standard InChI is InChI=1S/C25H30N2O3S2/c1-18-9-5-6-11-21(18)23(17-26)22-12-13-31-24(22)27-30-32(4,29)14-8-7-10-19-15-20(28)16-25(19,2)3/h5-6,9,11-13,19H,4,7-8,10,14-16H2,1-3H3/b23-22-,27-24-. The van der Waals surface area contributed by atoms with Gasteiger partial charge >= 0.3 is 0 Å². The first-order valence-corrected chi connectivity index (χ1v) is 13.5. The van der Waals surface area contributed by atoms with Crippen LogP contribution in [-0.2, 0) is 18.9 Å². The van der Waals surface area contributed by atoms with Gasteiger partial charge in [-0.05, 0) is 59.6 Å². The van der Waals surface area contributed by atoms with Crippen molar-refractivity contribution in [2.75, 3.05) is 5.75 Å². The second kappa shape index (κ2) is 10.1. The molecule has 1 aromatic carbocycles. The van der Waals surface area contributed by atoms with Crippen molar-refractivity contribution < 1.29 is 13.3 Å². The number of oxime groups is 1. The molecule has 1 aromatic rings. The van der Waals surface area contributed by atoms with Crippen LogP contribution < -0.4 is 0 Å². The van der Waals surface area contributed by atoms with E-state index in [2.05, 4.69) is 30.9 Å². The number of nitriles is 1. The number of benzene rings is 1. The fourth-order valence-corrected chi connectivity index (χ4v) is 5.99. The van der Waals surface area contributed by atoms with Gasteiger partial charge in [-0.15, -0.1) is 0 Å². The van der Waals surface area contributed by atoms with Crippen LogP contribution in [0.15, 0.2) is 46.5 Å². The van der Waals surface area contributed by atoms with Gasteiger partial charge < -0.3 is 4.28 Å². The monoisotopic (exact) mass is 470 g/mol. The highest BCUT2D eigenvalue weighted by molar-refractivity contribution is 8.17. The van der Waals surface area contributed by atoms with Gasteiger partial charge in [0.2, 0.25) is 0 Å². The average Bonchev–Trinajstić information content (AvgIpc) is 3.29. The van der Waals surface area contributed by atoms with Gasteiger partial charge in [0.1, 0.15) is 26.7 Å². The Morgan fingerprint density at radius 3 is 2.78 bits per heavy atom. The van der Waals surface area contributed by atoms with Crippen LogP contribution in [0.1, 0.15) is 57.1 Å². The molecule has 1 heterocycles. The second-order valence-electron chi connectivity index (χ2n) is 9.16. The smallest absolute Gasteiger partial charge is 0.150 e. The largest absolute Gasteiger partial charge is 0.303 e. The van der Waals surface area contributed by atoms with E-state index in [0.29, 0.717) is 52.9 Å². The number of thioether (sulfide) groups is 1. The molecule has 7 heteroatoms. The number of Topliss-reactive ketones (excluding diaryl/α,β-unsaturated/α-hetero) is 1. The predicted octanol–water partition coefficient (Wildman–Crippen LogP) is 5.67. The van der Waals surface area contributed by atoms with Gasteiger partial charge in [0.05, 0.1) is 11.3 Å². The molecule has 1 aliphatic heterocycles. The summed E-state index contributed by atoms with van der Waals surface area (Å²) >= 11 is 1.33. The van der Waals surface area contributed by atoms with Crippen LogP contribution in [0.5, 0.6) is 0 Å². The topological polar surface area (TPSA) is 79.5 Å². The van der Waals surface area contributed by atoms with E-state index in [1.807, 2.05) is 42.7 Å². The molecule has 2 aliphatic rings. The summed E-state index contributed by atoms with van der Waals surface area (Å²) in [4.78, 5) is 11.8. The lowest BCUT2D eigenvalue weighted by Crippen LogP contribution is -2.17. The molecule has 2 unspecified atom stereocenters. The molecule has 32 heavy (non-hydrogen) atoms. The Hall–Kier alpha value is -2.30. The van der Waals surface area contributed by atoms with Crippen LogP contribution in [0.3, 0.4) is 0 Å². The first-order valence-electron chi connectivity index (χ1n) is 10.8. The Balaban J connectivity index is 1.61. The second-order valence-corrected chi connectivity index (χ2v) is 12.1. The van der Waals surface area contributed by atoms with Crippen LogP contribution >= 0.6 is 11.8 Å². The number of carbonyl (C=O) groups is 1. The van der Waals surface area contributed by atoms with Crippen molar-refractivity contribution >= 4 is 43.8 Å². The van der Waals surface area contributed by atoms with Crippen molar-refractivity contribution in [3.8, 4) is 6.07 Å². The third-order valence-electron chi connectivity index (χ3n) is 6.19. The lowest BCUT2D eigenvalue weighted by atomic mass is 9.79. The van der Waals surface area contributed by atoms with Crippen molar-refractivity contribution in [1.82, 2.24) is 0 Å². The van der Waals surface area contributed by atoms with E-state index >= 15 is 0 Å². The van der Waals surface area contributed by atoms with E-state index in [-0.39, 0.29) is 5.41 Å². The Bertz CT molecular complexity index is 1120. The fraction of sp³-hybridized carbons (Fsp3) is 0.440. The minimum atomic E-state index is -2.83. The summed E-state index contributed by atoms with van der Waals surface area (Å²) in [7, 11) is -2.83. The fourth-order valence-electron chi connectivity index (χ4n) is 4.30. The third kappa shape index (κ3) is 5.93. The zero-order valence-electron chi connectivity index (χ0n) is 18.9. The van der Waals surface area contributed by atoms with Gasteiger partial charge in [-0.2, -0.15) is 5.26 Å². The summed E-state index contributed by atoms with van der Waals surface area (Å²) in [5, 5.41) is 16.2. The maximum atomic E-state index is 12.8. The van der Waals surface area contributed by atoms with Gasteiger partial charge in [-0.1, -0.05) is 61.5 Å². The zero-order valence-corrected chi connectivity index (χ0v) is 20.6. The highest BCUT2D eigenvalue weighted by atomic mass is 32.2. The lowest BCUT2D eigenvalue weighted by molar-refractivity contribution is -0.118. The van der Waals surface area contributed by atoms with Crippen molar-refractivity contribution in [1.29, 1.82) is 5.26 Å². The van der Waals surface area contributed by atoms with Crippen molar-refractivity contribution in [3.63, 3.8) is 0 Å². The molecule has 0 spiro atoms. The molecule has 1 saturated carbocycles. The molecule has 2 atom stereocenters. The number of aryl methyl sites for hydroxylation is 1. The van der Waals surface area contributed by atoms with E-state index < -0.39 is 9.80 Å². The maximum absolute atomic E-state index is 12.8. The van der Waals surface area contributed by atoms with Gasteiger partial charge in [0, 0.05) is 18.4 Å². The molecular formula is C25H30N2O3S2. The molecule has 3 rings (SSSR count). The molecular weight excluding hydrogens is 440 g/mol. The molecule has 0 bridgehead atoms. The first-order chi connectivity index (χ1) is 15.1. The van der Waals surface area contributed by atoms with Crippen LogP contribution in [0.2, 0.25) is 0 Å². The van der Waals surface area contributed by atoms with Crippen LogP contribution in [-0.4, -0.2) is 26.7 Å². The summed E-state index contributed by atoms with van der Waals surface area (Å²) in [5.41, 5.74) is 3.06. The number of hydrogen-bond acceptors (Lipinski definition) is 6. The zero-order chi connectivity index (χ0) is 23.4. The van der Waals surface area contributed by atoms with Gasteiger partial charge in [-0.25, -0.2) is 4.21 Å². The van der Waals surface area contributed by atoms with Gasteiger partial charge in [0.25, 0.3) is 0 Å². The number of hydrogen-bond donors (Lipinski definition) is 0. The Kier molecular flexibility index (Phi) is 7.68. The summed E-state index contributed by atoms with van der Waals surface area (Å²) in [6, 6.07) is 9.96. The molecule has 5 nitrogen and oxygen atoms in total. The summed E-state index contributed by atoms with van der Waals surface area (Å²) < 4.78 is 18.2. The highest BCUT2D eigenvalue weighted by Crippen LogP contribution is 2.43. The molecule has 0 N–H and O–H groups in total. The van der Waals surface area contributed by atoms with Gasteiger partial charge in [0.15, 0.2) is 0 Å². The summed E-state index contributed by atoms with van der Waals surface area (Å²) in [6.45, 7) is 6.26. The van der Waals surface area contributed by atoms with Crippen molar-refractivity contribution in [2.45, 2.75) is 52.9 Å². The Labute approximate surface area is 195 Å². The van der Waals surface area contributed by atoms with Crippen LogP contribution in [0.4, 0.5) is 0 Å². The minimum absolute atomic E-state index is 0.0520. The normalized spacial score (nSPS) is 24.4. The maximum Gasteiger partial charge on any atom is 0.150 e. The number of unbranched alkanes of at least 4 members (excludes halogenated alkanes) is 1. The number of nitrogens with zero attached hydrogens (tertiary/aromatic N) is 2. The molecule has 0 amide bonds. The number of rotatable bonds is 8. The highest BCUT2D eigenvalue weighted by Gasteiger charge is 2.38. The molecule has 0 radical (unpaired) electrons. The third-order valence-corrected chi connectivity index (χ3v) is 8.23. The molecule has 0 aromatic heterocycles. The van der Waals surface area contributed by atoms with E-state index in [1.165, 1.54) is 11.8 Å². The number of ketones is 1. The molecule has 170 valence electrons. The quantitative estimate of drug-likeness (QED) is 0.212. The molecule has 0 saturated heterocycles. The molecule has 1 aliphatic carbocycles. The van der Waals surface area contributed by atoms with Crippen molar-refractivity contribution in [3.05, 3.63) is 52.4 Å². The Morgan fingerprint density at radius 1 is 1.38 bits per heavy atom. The Morgan fingerprint density at radius 2 is 2.12 bits per heavy atom. The van der Waals surface area contributed by atoms with E-state index in [1.54, 1.807) is 0 Å². The number of allylic oxidation sites excluding steroid dienone is 2. The van der Waals surface area contributed by atoms with E-state index in [4.69, 9.17) is 4.28 Å². The van der Waals surface area contributed by atoms with Crippen LogP contribution in [0.25, 0.3) is 5.57 Å². The first kappa shape index (κ1) is 24.3.